The second kappa shape index (κ2) is 4.80. The summed E-state index contributed by atoms with van der Waals surface area (Å²) in [5, 5.41) is 9.33. The molecule has 20 heavy (non-hydrogen) atoms. The molecule has 0 saturated carbocycles. The molecule has 0 aliphatic carbocycles. The van der Waals surface area contributed by atoms with Crippen molar-refractivity contribution in [1.29, 1.82) is 5.26 Å². The zero-order valence-corrected chi connectivity index (χ0v) is 12.9. The molecule has 106 valence electrons. The first kappa shape index (κ1) is 14.9. The number of rotatable bonds is 2. The highest BCUT2D eigenvalue weighted by Gasteiger charge is 2.52. The van der Waals surface area contributed by atoms with Crippen LogP contribution in [0.1, 0.15) is 38.8 Å². The SMILES string of the molecule is COc1cc(C#N)c(B2OC(C)(C)C(C)(C)O2)cc1C. The molecule has 1 heterocycles. The smallest absolute Gasteiger partial charge is 0.496 e. The van der Waals surface area contributed by atoms with Crippen LogP contribution in [0.15, 0.2) is 12.1 Å². The van der Waals surface area contributed by atoms with Gasteiger partial charge in [0.2, 0.25) is 0 Å². The first-order chi connectivity index (χ1) is 9.21. The second-order valence-electron chi connectivity index (χ2n) is 6.11. The van der Waals surface area contributed by atoms with Crippen LogP contribution in [0, 0.1) is 18.3 Å². The quantitative estimate of drug-likeness (QED) is 0.775. The first-order valence-electron chi connectivity index (χ1n) is 6.66. The molecule has 0 aromatic heterocycles. The van der Waals surface area contributed by atoms with Crippen molar-refractivity contribution in [1.82, 2.24) is 0 Å². The van der Waals surface area contributed by atoms with E-state index >= 15 is 0 Å². The van der Waals surface area contributed by atoms with Crippen LogP contribution in [-0.2, 0) is 9.31 Å². The Balaban J connectivity index is 2.45. The van der Waals surface area contributed by atoms with Gasteiger partial charge in [-0.15, -0.1) is 0 Å². The summed E-state index contributed by atoms with van der Waals surface area (Å²) in [6.07, 6.45) is 0. The number of hydrogen-bond donors (Lipinski definition) is 0. The number of hydrogen-bond acceptors (Lipinski definition) is 4. The van der Waals surface area contributed by atoms with Gasteiger partial charge in [-0.3, -0.25) is 0 Å². The third-order valence-electron chi connectivity index (χ3n) is 4.19. The highest BCUT2D eigenvalue weighted by molar-refractivity contribution is 6.62. The molecule has 1 aromatic rings. The van der Waals surface area contributed by atoms with Gasteiger partial charge in [0.1, 0.15) is 5.75 Å². The van der Waals surface area contributed by atoms with Gasteiger partial charge in [-0.1, -0.05) is 6.07 Å². The fourth-order valence-electron chi connectivity index (χ4n) is 2.19. The molecule has 0 atom stereocenters. The molecule has 0 unspecified atom stereocenters. The van der Waals surface area contributed by atoms with E-state index in [1.165, 1.54) is 0 Å². The average Bonchev–Trinajstić information content (AvgIpc) is 2.58. The van der Waals surface area contributed by atoms with Gasteiger partial charge in [-0.25, -0.2) is 0 Å². The summed E-state index contributed by atoms with van der Waals surface area (Å²) >= 11 is 0. The zero-order valence-electron chi connectivity index (χ0n) is 12.9. The standard InChI is InChI=1S/C15H20BNO3/c1-10-7-12(11(9-17)8-13(10)18-6)16-19-14(2,3)15(4,5)20-16/h7-8H,1-6H3. The van der Waals surface area contributed by atoms with E-state index in [2.05, 4.69) is 6.07 Å². The van der Waals surface area contributed by atoms with Gasteiger partial charge in [0.15, 0.2) is 0 Å². The molecule has 0 spiro atoms. The molecule has 1 aliphatic heterocycles. The van der Waals surface area contributed by atoms with Crippen LogP contribution in [0.5, 0.6) is 5.75 Å². The molecule has 0 radical (unpaired) electrons. The lowest BCUT2D eigenvalue weighted by Crippen LogP contribution is -2.41. The minimum Gasteiger partial charge on any atom is -0.496 e. The van der Waals surface area contributed by atoms with Crippen LogP contribution in [0.4, 0.5) is 0 Å². The Morgan fingerprint density at radius 2 is 1.70 bits per heavy atom. The van der Waals surface area contributed by atoms with Gasteiger partial charge in [0.25, 0.3) is 0 Å². The first-order valence-corrected chi connectivity index (χ1v) is 6.66. The molecule has 1 saturated heterocycles. The predicted molar refractivity (Wildman–Crippen MR) is 78.2 cm³/mol. The maximum Gasteiger partial charge on any atom is 0.496 e. The summed E-state index contributed by atoms with van der Waals surface area (Å²) in [5.74, 6) is 0.696. The summed E-state index contributed by atoms with van der Waals surface area (Å²) in [6, 6.07) is 5.82. The Hall–Kier alpha value is -1.51. The summed E-state index contributed by atoms with van der Waals surface area (Å²) in [7, 11) is 1.07. The molecule has 1 aromatic carbocycles. The summed E-state index contributed by atoms with van der Waals surface area (Å²) in [4.78, 5) is 0. The number of benzene rings is 1. The summed E-state index contributed by atoms with van der Waals surface area (Å²) < 4.78 is 17.3. The number of aryl methyl sites for hydroxylation is 1. The molecule has 5 heteroatoms. The van der Waals surface area contributed by atoms with E-state index in [0.717, 1.165) is 11.0 Å². The van der Waals surface area contributed by atoms with E-state index in [1.807, 2.05) is 40.7 Å². The van der Waals surface area contributed by atoms with Crippen LogP contribution in [0.3, 0.4) is 0 Å². The Morgan fingerprint density at radius 3 is 2.15 bits per heavy atom. The monoisotopic (exact) mass is 273 g/mol. The van der Waals surface area contributed by atoms with Crippen molar-refractivity contribution in [2.75, 3.05) is 7.11 Å². The highest BCUT2D eigenvalue weighted by atomic mass is 16.7. The van der Waals surface area contributed by atoms with Crippen molar-refractivity contribution in [3.05, 3.63) is 23.3 Å². The van der Waals surface area contributed by atoms with Crippen molar-refractivity contribution in [2.24, 2.45) is 0 Å². The Morgan fingerprint density at radius 1 is 1.15 bits per heavy atom. The lowest BCUT2D eigenvalue weighted by atomic mass is 9.75. The normalized spacial score (nSPS) is 19.8. The largest absolute Gasteiger partial charge is 0.496 e. The van der Waals surface area contributed by atoms with Gasteiger partial charge in [-0.2, -0.15) is 5.26 Å². The van der Waals surface area contributed by atoms with Crippen molar-refractivity contribution in [3.8, 4) is 11.8 Å². The van der Waals surface area contributed by atoms with E-state index in [4.69, 9.17) is 14.0 Å². The van der Waals surface area contributed by atoms with Crippen molar-refractivity contribution in [2.45, 2.75) is 45.8 Å². The predicted octanol–water partition coefficient (Wildman–Crippen LogP) is 2.17. The fourth-order valence-corrected chi connectivity index (χ4v) is 2.19. The molecule has 0 amide bonds. The van der Waals surface area contributed by atoms with E-state index < -0.39 is 18.3 Å². The third kappa shape index (κ3) is 2.30. The fraction of sp³-hybridized carbons (Fsp3) is 0.533. The van der Waals surface area contributed by atoms with Gasteiger partial charge < -0.3 is 14.0 Å². The molecule has 0 bridgehead atoms. The molecule has 4 nitrogen and oxygen atoms in total. The number of methoxy groups -OCH3 is 1. The molecule has 0 N–H and O–H groups in total. The topological polar surface area (TPSA) is 51.5 Å². The van der Waals surface area contributed by atoms with Gasteiger partial charge in [0.05, 0.1) is 29.9 Å². The number of ether oxygens (including phenoxy) is 1. The van der Waals surface area contributed by atoms with Crippen molar-refractivity contribution < 1.29 is 14.0 Å². The van der Waals surface area contributed by atoms with Crippen LogP contribution in [-0.4, -0.2) is 25.4 Å². The number of nitrogens with zero attached hydrogens (tertiary/aromatic N) is 1. The van der Waals surface area contributed by atoms with Crippen LogP contribution >= 0.6 is 0 Å². The average molecular weight is 273 g/mol. The minimum atomic E-state index is -0.528. The molecule has 1 fully saturated rings. The lowest BCUT2D eigenvalue weighted by Gasteiger charge is -2.32. The van der Waals surface area contributed by atoms with E-state index in [-0.39, 0.29) is 0 Å². The summed E-state index contributed by atoms with van der Waals surface area (Å²) in [6.45, 7) is 9.92. The molecular formula is C15H20BNO3. The second-order valence-corrected chi connectivity index (χ2v) is 6.11. The van der Waals surface area contributed by atoms with Gasteiger partial charge >= 0.3 is 7.12 Å². The Bertz CT molecular complexity index is 559. The molecule has 1 aliphatic rings. The van der Waals surface area contributed by atoms with Gasteiger partial charge in [-0.05, 0) is 46.2 Å². The maximum absolute atomic E-state index is 9.33. The van der Waals surface area contributed by atoms with Crippen molar-refractivity contribution in [3.63, 3.8) is 0 Å². The maximum atomic E-state index is 9.33. The van der Waals surface area contributed by atoms with E-state index in [1.54, 1.807) is 13.2 Å². The van der Waals surface area contributed by atoms with E-state index in [0.29, 0.717) is 11.3 Å². The Labute approximate surface area is 120 Å². The number of nitriles is 1. The molecular weight excluding hydrogens is 253 g/mol. The Kier molecular flexibility index (Phi) is 3.57. The van der Waals surface area contributed by atoms with E-state index in [9.17, 15) is 5.26 Å². The third-order valence-corrected chi connectivity index (χ3v) is 4.19. The van der Waals surface area contributed by atoms with Crippen LogP contribution in [0.2, 0.25) is 0 Å². The van der Waals surface area contributed by atoms with Crippen molar-refractivity contribution >= 4 is 12.6 Å². The molecule has 2 rings (SSSR count). The lowest BCUT2D eigenvalue weighted by molar-refractivity contribution is 0.00578. The highest BCUT2D eigenvalue weighted by Crippen LogP contribution is 2.37. The van der Waals surface area contributed by atoms with Gasteiger partial charge in [0, 0.05) is 5.46 Å². The zero-order chi connectivity index (χ0) is 15.1. The minimum absolute atomic E-state index is 0.418. The summed E-state index contributed by atoms with van der Waals surface area (Å²) in [5.41, 5.74) is 1.39. The van der Waals surface area contributed by atoms with Crippen LogP contribution < -0.4 is 10.2 Å². The van der Waals surface area contributed by atoms with Crippen LogP contribution in [0.25, 0.3) is 0 Å².